The third-order valence-electron chi connectivity index (χ3n) is 5.89. The Morgan fingerprint density at radius 3 is 2.55 bits per heavy atom. The maximum absolute atomic E-state index is 13.4. The number of dihydropyridines is 1. The lowest BCUT2D eigenvalue weighted by Gasteiger charge is -2.39. The van der Waals surface area contributed by atoms with E-state index >= 15 is 0 Å². The minimum Gasteiger partial charge on any atom is -0.362 e. The fraction of sp³-hybridized carbons (Fsp3) is 0.320. The molecule has 0 saturated carbocycles. The highest BCUT2D eigenvalue weighted by molar-refractivity contribution is 7.98. The number of carbonyl (C=O) groups excluding carboxylic acids is 2. The Kier molecular flexibility index (Phi) is 5.75. The fourth-order valence-electron chi connectivity index (χ4n) is 4.53. The standard InChI is InChI=1S/C25H27N3O2S/c1-15-21(24(30)28-20-7-5-6-12-26-20)22(16-8-10-17(31-4)11-9-16)23-18(27-15)13-25(2,3)14-19(23)29/h5-12,22,27H,13-14H2,1-4H3,(H,26,28,30)/p+1. The summed E-state index contributed by atoms with van der Waals surface area (Å²) in [6.45, 7) is 6.15. The van der Waals surface area contributed by atoms with Crippen molar-refractivity contribution in [3.63, 3.8) is 0 Å². The number of thioether (sulfide) groups is 1. The van der Waals surface area contributed by atoms with Crippen LogP contribution in [0.4, 0.5) is 5.82 Å². The number of ketones is 1. The van der Waals surface area contributed by atoms with Gasteiger partial charge in [0, 0.05) is 40.3 Å². The van der Waals surface area contributed by atoms with Crippen LogP contribution >= 0.6 is 11.8 Å². The van der Waals surface area contributed by atoms with E-state index in [0.29, 0.717) is 17.8 Å². The Hall–Kier alpha value is -2.86. The molecule has 3 N–H and O–H groups in total. The van der Waals surface area contributed by atoms with Crippen molar-refractivity contribution >= 4 is 29.3 Å². The van der Waals surface area contributed by atoms with Gasteiger partial charge in [0.15, 0.2) is 5.78 Å². The van der Waals surface area contributed by atoms with Gasteiger partial charge in [-0.15, -0.1) is 11.8 Å². The van der Waals surface area contributed by atoms with Crippen molar-refractivity contribution < 1.29 is 14.6 Å². The molecule has 0 spiro atoms. The molecule has 1 aliphatic carbocycles. The Balaban J connectivity index is 1.80. The van der Waals surface area contributed by atoms with Gasteiger partial charge in [-0.25, -0.2) is 15.1 Å². The molecule has 2 aliphatic rings. The van der Waals surface area contributed by atoms with Gasteiger partial charge in [-0.2, -0.15) is 0 Å². The lowest BCUT2D eigenvalue weighted by Crippen LogP contribution is -2.39. The molecule has 1 aliphatic heterocycles. The lowest BCUT2D eigenvalue weighted by atomic mass is 9.68. The first-order chi connectivity index (χ1) is 14.8. The third kappa shape index (κ3) is 4.30. The summed E-state index contributed by atoms with van der Waals surface area (Å²) < 4.78 is 0. The maximum Gasteiger partial charge on any atom is 0.337 e. The van der Waals surface area contributed by atoms with Gasteiger partial charge in [0.2, 0.25) is 0 Å². The molecule has 0 bridgehead atoms. The van der Waals surface area contributed by atoms with Gasteiger partial charge in [-0.05, 0) is 48.8 Å². The molecule has 0 fully saturated rings. The van der Waals surface area contributed by atoms with Crippen molar-refractivity contribution in [2.75, 3.05) is 11.6 Å². The van der Waals surface area contributed by atoms with Crippen molar-refractivity contribution in [2.24, 2.45) is 5.41 Å². The SMILES string of the molecule is CSc1ccc(C2C(C(=O)Nc3cccc[nH+]3)=C(C)NC3=C2C(=O)CC(C)(C)C3)cc1. The number of benzene rings is 1. The van der Waals surface area contributed by atoms with Crippen LogP contribution in [0.5, 0.6) is 0 Å². The molecule has 0 radical (unpaired) electrons. The average molecular weight is 435 g/mol. The second kappa shape index (κ2) is 8.35. The number of allylic oxidation sites excluding steroid dienone is 3. The molecule has 4 rings (SSSR count). The van der Waals surface area contributed by atoms with Crippen LogP contribution in [0.3, 0.4) is 0 Å². The summed E-state index contributed by atoms with van der Waals surface area (Å²) in [6.07, 6.45) is 5.06. The number of anilines is 1. The number of rotatable bonds is 4. The van der Waals surface area contributed by atoms with Crippen molar-refractivity contribution in [3.05, 3.63) is 76.8 Å². The minimum absolute atomic E-state index is 0.102. The largest absolute Gasteiger partial charge is 0.362 e. The summed E-state index contributed by atoms with van der Waals surface area (Å²) >= 11 is 1.67. The van der Waals surface area contributed by atoms with Gasteiger partial charge in [0.25, 0.3) is 5.82 Å². The summed E-state index contributed by atoms with van der Waals surface area (Å²) in [5.41, 5.74) is 3.90. The summed E-state index contributed by atoms with van der Waals surface area (Å²) in [5.74, 6) is 0.122. The van der Waals surface area contributed by atoms with E-state index in [1.807, 2.05) is 43.5 Å². The highest BCUT2D eigenvalue weighted by Gasteiger charge is 2.43. The molecule has 5 nitrogen and oxygen atoms in total. The minimum atomic E-state index is -0.389. The molecule has 2 aromatic rings. The van der Waals surface area contributed by atoms with E-state index in [1.54, 1.807) is 18.0 Å². The van der Waals surface area contributed by atoms with Crippen molar-refractivity contribution in [3.8, 4) is 0 Å². The number of carbonyl (C=O) groups is 2. The second-order valence-electron chi connectivity index (χ2n) is 8.93. The number of aromatic nitrogens is 1. The van der Waals surface area contributed by atoms with Gasteiger partial charge >= 0.3 is 5.91 Å². The van der Waals surface area contributed by atoms with Crippen LogP contribution in [-0.2, 0) is 9.59 Å². The smallest absolute Gasteiger partial charge is 0.337 e. The molecule has 1 atom stereocenters. The second-order valence-corrected chi connectivity index (χ2v) is 9.81. The van der Waals surface area contributed by atoms with Crippen LogP contribution in [0.25, 0.3) is 0 Å². The van der Waals surface area contributed by atoms with Crippen molar-refractivity contribution in [1.29, 1.82) is 0 Å². The van der Waals surface area contributed by atoms with E-state index in [0.717, 1.165) is 33.8 Å². The van der Waals surface area contributed by atoms with Gasteiger partial charge in [0.05, 0.1) is 11.8 Å². The first-order valence-electron chi connectivity index (χ1n) is 10.4. The molecular formula is C25H28N3O2S+. The van der Waals surface area contributed by atoms with Gasteiger partial charge < -0.3 is 5.32 Å². The monoisotopic (exact) mass is 434 g/mol. The molecule has 0 saturated heterocycles. The highest BCUT2D eigenvalue weighted by atomic mass is 32.2. The predicted octanol–water partition coefficient (Wildman–Crippen LogP) is 4.47. The quantitative estimate of drug-likeness (QED) is 0.697. The van der Waals surface area contributed by atoms with E-state index in [2.05, 4.69) is 41.6 Å². The summed E-state index contributed by atoms with van der Waals surface area (Å²) in [5, 5.41) is 6.37. The van der Waals surface area contributed by atoms with E-state index in [-0.39, 0.29) is 23.0 Å². The Labute approximate surface area is 187 Å². The molecule has 1 aromatic carbocycles. The molecule has 1 amide bonds. The van der Waals surface area contributed by atoms with Crippen LogP contribution < -0.4 is 15.6 Å². The summed E-state index contributed by atoms with van der Waals surface area (Å²) in [4.78, 5) is 30.9. The number of hydrogen-bond acceptors (Lipinski definition) is 4. The van der Waals surface area contributed by atoms with Crippen LogP contribution in [0.2, 0.25) is 0 Å². The molecule has 2 heterocycles. The zero-order chi connectivity index (χ0) is 22.2. The van der Waals surface area contributed by atoms with Crippen molar-refractivity contribution in [2.45, 2.75) is 44.4 Å². The van der Waals surface area contributed by atoms with E-state index < -0.39 is 0 Å². The number of hydrogen-bond donors (Lipinski definition) is 2. The van der Waals surface area contributed by atoms with Gasteiger partial charge in [0.1, 0.15) is 0 Å². The van der Waals surface area contributed by atoms with E-state index in [9.17, 15) is 9.59 Å². The Morgan fingerprint density at radius 1 is 1.16 bits per heavy atom. The first kappa shape index (κ1) is 21.4. The number of nitrogens with one attached hydrogen (secondary N) is 3. The molecule has 31 heavy (non-hydrogen) atoms. The molecule has 1 unspecified atom stereocenters. The third-order valence-corrected chi connectivity index (χ3v) is 6.63. The van der Waals surface area contributed by atoms with Crippen LogP contribution in [-0.4, -0.2) is 17.9 Å². The first-order valence-corrected chi connectivity index (χ1v) is 11.7. The van der Waals surface area contributed by atoms with E-state index in [1.165, 1.54) is 0 Å². The summed E-state index contributed by atoms with van der Waals surface area (Å²) in [7, 11) is 0. The van der Waals surface area contributed by atoms with E-state index in [4.69, 9.17) is 0 Å². The van der Waals surface area contributed by atoms with Gasteiger partial charge in [-0.1, -0.05) is 32.0 Å². The zero-order valence-electron chi connectivity index (χ0n) is 18.3. The summed E-state index contributed by atoms with van der Waals surface area (Å²) in [6, 6.07) is 13.7. The van der Waals surface area contributed by atoms with Crippen LogP contribution in [0.15, 0.2) is 76.1 Å². The fourth-order valence-corrected chi connectivity index (χ4v) is 4.94. The molecular weight excluding hydrogens is 406 g/mol. The Morgan fingerprint density at radius 2 is 1.90 bits per heavy atom. The van der Waals surface area contributed by atoms with Crippen molar-refractivity contribution in [1.82, 2.24) is 5.32 Å². The predicted molar refractivity (Wildman–Crippen MR) is 123 cm³/mol. The Bertz CT molecular complexity index is 1090. The molecule has 1 aromatic heterocycles. The number of pyridine rings is 1. The topological polar surface area (TPSA) is 72.3 Å². The maximum atomic E-state index is 13.4. The zero-order valence-corrected chi connectivity index (χ0v) is 19.2. The number of Topliss-reactive ketones (excluding diaryl/α,β-unsaturated/α-hetero) is 1. The average Bonchev–Trinajstić information content (AvgIpc) is 2.72. The normalized spacial score (nSPS) is 20.3. The number of H-pyrrole nitrogens is 1. The number of amides is 1. The molecule has 6 heteroatoms. The van der Waals surface area contributed by atoms with Gasteiger partial charge in [-0.3, -0.25) is 4.79 Å². The van der Waals surface area contributed by atoms with Crippen LogP contribution in [0.1, 0.15) is 45.1 Å². The molecule has 160 valence electrons. The van der Waals surface area contributed by atoms with Crippen LogP contribution in [0, 0.1) is 5.41 Å². The number of aromatic amines is 1. The highest BCUT2D eigenvalue weighted by Crippen LogP contribution is 2.46. The lowest BCUT2D eigenvalue weighted by molar-refractivity contribution is -0.360.